The minimum atomic E-state index is -4.20. The third-order valence-electron chi connectivity index (χ3n) is 6.81. The summed E-state index contributed by atoms with van der Waals surface area (Å²) in [5.41, 5.74) is 4.90. The molecular weight excluding hydrogens is 457 g/mol. The Morgan fingerprint density at radius 2 is 1.74 bits per heavy atom. The molecule has 1 N–H and O–H groups in total. The number of rotatable bonds is 2. The van der Waals surface area contributed by atoms with Crippen molar-refractivity contribution in [1.82, 2.24) is 19.8 Å². The van der Waals surface area contributed by atoms with Crippen molar-refractivity contribution in [2.24, 2.45) is 5.92 Å². The average molecular weight is 485 g/mol. The van der Waals surface area contributed by atoms with Crippen molar-refractivity contribution in [3.8, 4) is 28.3 Å². The summed E-state index contributed by atoms with van der Waals surface area (Å²) in [5, 5.41) is 0. The van der Waals surface area contributed by atoms with E-state index in [-0.39, 0.29) is 32.0 Å². The number of H-pyrrole nitrogens is 1. The van der Waals surface area contributed by atoms with Gasteiger partial charge in [-0.1, -0.05) is 24.3 Å². The Balaban J connectivity index is 1.34. The van der Waals surface area contributed by atoms with Gasteiger partial charge in [-0.3, -0.25) is 0 Å². The van der Waals surface area contributed by atoms with E-state index in [1.807, 2.05) is 37.3 Å². The molecule has 3 heterocycles. The van der Waals surface area contributed by atoms with E-state index in [2.05, 4.69) is 16.0 Å². The van der Waals surface area contributed by atoms with Crippen LogP contribution in [-0.4, -0.2) is 58.2 Å². The van der Waals surface area contributed by atoms with Crippen LogP contribution in [0.4, 0.5) is 18.0 Å². The number of hydrogen-bond donors (Lipinski definition) is 1. The van der Waals surface area contributed by atoms with Crippen molar-refractivity contribution < 1.29 is 22.7 Å². The number of piperidine rings is 1. The summed E-state index contributed by atoms with van der Waals surface area (Å²) in [6.07, 6.45) is -0.801. The van der Waals surface area contributed by atoms with E-state index in [1.54, 1.807) is 17.3 Å². The van der Waals surface area contributed by atoms with Crippen LogP contribution in [0.3, 0.4) is 0 Å². The number of urea groups is 1. The molecule has 1 aromatic heterocycles. The number of aromatic nitrogens is 2. The Kier molecular flexibility index (Phi) is 6.17. The van der Waals surface area contributed by atoms with Gasteiger partial charge < -0.3 is 19.5 Å². The number of carbonyl (C=O) groups is 1. The van der Waals surface area contributed by atoms with Gasteiger partial charge >= 0.3 is 12.2 Å². The number of aryl methyl sites for hydroxylation is 1. The van der Waals surface area contributed by atoms with Crippen LogP contribution in [0.25, 0.3) is 22.5 Å². The predicted molar refractivity (Wildman–Crippen MR) is 126 cm³/mol. The van der Waals surface area contributed by atoms with Crippen LogP contribution in [-0.2, 0) is 6.54 Å². The molecule has 2 aliphatic rings. The van der Waals surface area contributed by atoms with Crippen molar-refractivity contribution >= 4 is 6.03 Å². The van der Waals surface area contributed by atoms with E-state index in [0.29, 0.717) is 19.7 Å². The van der Waals surface area contributed by atoms with E-state index in [4.69, 9.17) is 4.74 Å². The number of alkyl halides is 3. The molecule has 1 saturated heterocycles. The zero-order valence-corrected chi connectivity index (χ0v) is 19.4. The Morgan fingerprint density at radius 1 is 1.03 bits per heavy atom. The van der Waals surface area contributed by atoms with Crippen LogP contribution in [0.2, 0.25) is 0 Å². The maximum Gasteiger partial charge on any atom is 0.391 e. The van der Waals surface area contributed by atoms with Crippen molar-refractivity contribution in [3.63, 3.8) is 0 Å². The van der Waals surface area contributed by atoms with Crippen molar-refractivity contribution in [1.29, 1.82) is 0 Å². The number of benzene rings is 2. The lowest BCUT2D eigenvalue weighted by Crippen LogP contribution is -2.48. The van der Waals surface area contributed by atoms with Gasteiger partial charge in [0.05, 0.1) is 19.0 Å². The van der Waals surface area contributed by atoms with Gasteiger partial charge in [-0.2, -0.15) is 13.2 Å². The molecule has 2 amide bonds. The summed E-state index contributed by atoms with van der Waals surface area (Å²) in [6, 6.07) is 12.0. The fourth-order valence-electron chi connectivity index (χ4n) is 4.89. The number of nitrogens with one attached hydrogen (secondary N) is 1. The minimum absolute atomic E-state index is 0.0482. The summed E-state index contributed by atoms with van der Waals surface area (Å²) < 4.78 is 45.0. The molecule has 35 heavy (non-hydrogen) atoms. The van der Waals surface area contributed by atoms with E-state index in [9.17, 15) is 18.0 Å². The van der Waals surface area contributed by atoms with Gasteiger partial charge in [0.15, 0.2) is 0 Å². The third kappa shape index (κ3) is 4.85. The monoisotopic (exact) mass is 484 g/mol. The lowest BCUT2D eigenvalue weighted by atomic mass is 9.96. The van der Waals surface area contributed by atoms with Crippen molar-refractivity contribution in [2.75, 3.05) is 26.2 Å². The average Bonchev–Trinajstić information content (AvgIpc) is 3.30. The first-order valence-electron chi connectivity index (χ1n) is 11.8. The SMILES string of the molecule is Cc1cc(-c2ccc(-c3ncc[nH]3)cc2)cc2c1OCCN(C(=O)N1CCC(C(F)(F)F)CC1)C2. The van der Waals surface area contributed by atoms with Gasteiger partial charge in [-0.25, -0.2) is 9.78 Å². The third-order valence-corrected chi connectivity index (χ3v) is 6.81. The summed E-state index contributed by atoms with van der Waals surface area (Å²) in [4.78, 5) is 23.8. The normalized spacial score (nSPS) is 17.0. The summed E-state index contributed by atoms with van der Waals surface area (Å²) in [7, 11) is 0. The molecule has 5 rings (SSSR count). The molecular formula is C26H27F3N4O2. The Hall–Kier alpha value is -3.49. The number of halogens is 3. The van der Waals surface area contributed by atoms with Gasteiger partial charge in [0.1, 0.15) is 18.2 Å². The van der Waals surface area contributed by atoms with Gasteiger partial charge in [-0.15, -0.1) is 0 Å². The molecule has 0 radical (unpaired) electrons. The molecule has 0 unspecified atom stereocenters. The molecule has 1 fully saturated rings. The van der Waals surface area contributed by atoms with Gasteiger partial charge in [0.2, 0.25) is 0 Å². The second-order valence-electron chi connectivity index (χ2n) is 9.15. The highest BCUT2D eigenvalue weighted by Crippen LogP contribution is 2.36. The molecule has 2 aliphatic heterocycles. The topological polar surface area (TPSA) is 61.5 Å². The number of amides is 2. The first-order valence-corrected chi connectivity index (χ1v) is 11.8. The van der Waals surface area contributed by atoms with Crippen LogP contribution in [0.5, 0.6) is 5.75 Å². The number of ether oxygens (including phenoxy) is 1. The number of aromatic amines is 1. The first-order chi connectivity index (χ1) is 16.8. The van der Waals surface area contributed by atoms with Crippen LogP contribution >= 0.6 is 0 Å². The fourth-order valence-corrected chi connectivity index (χ4v) is 4.89. The Labute approximate surface area is 201 Å². The van der Waals surface area contributed by atoms with Crippen LogP contribution in [0.1, 0.15) is 24.0 Å². The maximum absolute atomic E-state index is 13.2. The van der Waals surface area contributed by atoms with E-state index in [1.165, 1.54) is 4.90 Å². The van der Waals surface area contributed by atoms with E-state index < -0.39 is 12.1 Å². The molecule has 0 bridgehead atoms. The molecule has 184 valence electrons. The van der Waals surface area contributed by atoms with Crippen LogP contribution < -0.4 is 4.74 Å². The van der Waals surface area contributed by atoms with Gasteiger partial charge in [-0.05, 0) is 48.6 Å². The van der Waals surface area contributed by atoms with E-state index >= 15 is 0 Å². The smallest absolute Gasteiger partial charge is 0.391 e. The lowest BCUT2D eigenvalue weighted by molar-refractivity contribution is -0.183. The summed E-state index contributed by atoms with van der Waals surface area (Å²) in [6.45, 7) is 3.31. The standard InChI is InChI=1S/C26H27F3N4O2/c1-17-14-20(18-2-4-19(5-3-18)24-30-8-9-31-24)15-21-16-33(12-13-35-23(17)21)25(34)32-10-6-22(7-11-32)26(27,28)29/h2-5,8-9,14-15,22H,6-7,10-13,16H2,1H3,(H,30,31). The molecule has 0 spiro atoms. The zero-order valence-electron chi connectivity index (χ0n) is 19.4. The molecule has 0 aliphatic carbocycles. The van der Waals surface area contributed by atoms with Gasteiger partial charge in [0, 0.05) is 36.6 Å². The van der Waals surface area contributed by atoms with Crippen molar-refractivity contribution in [3.05, 3.63) is 59.9 Å². The summed E-state index contributed by atoms with van der Waals surface area (Å²) >= 11 is 0. The molecule has 0 atom stereocenters. The maximum atomic E-state index is 13.2. The zero-order chi connectivity index (χ0) is 24.6. The van der Waals surface area contributed by atoms with Crippen LogP contribution in [0.15, 0.2) is 48.8 Å². The number of imidazole rings is 1. The number of carbonyl (C=O) groups excluding carboxylic acids is 1. The van der Waals surface area contributed by atoms with Crippen molar-refractivity contribution in [2.45, 2.75) is 32.5 Å². The molecule has 3 aromatic rings. The Bertz CT molecular complexity index is 1180. The second-order valence-corrected chi connectivity index (χ2v) is 9.15. The van der Waals surface area contributed by atoms with E-state index in [0.717, 1.165) is 39.4 Å². The number of nitrogens with zero attached hydrogens (tertiary/aromatic N) is 3. The highest BCUT2D eigenvalue weighted by atomic mass is 19.4. The number of hydrogen-bond acceptors (Lipinski definition) is 3. The highest BCUT2D eigenvalue weighted by molar-refractivity contribution is 5.75. The molecule has 0 saturated carbocycles. The molecule has 6 nitrogen and oxygen atoms in total. The largest absolute Gasteiger partial charge is 0.491 e. The predicted octanol–water partition coefficient (Wildman–Crippen LogP) is 5.64. The number of likely N-dealkylation sites (tertiary alicyclic amines) is 1. The van der Waals surface area contributed by atoms with Gasteiger partial charge in [0.25, 0.3) is 0 Å². The second kappa shape index (κ2) is 9.28. The lowest BCUT2D eigenvalue weighted by Gasteiger charge is -2.35. The number of fused-ring (bicyclic) bond motifs is 1. The fraction of sp³-hybridized carbons (Fsp3) is 0.385. The Morgan fingerprint density at radius 3 is 2.40 bits per heavy atom. The van der Waals surface area contributed by atoms with Crippen LogP contribution in [0, 0.1) is 12.8 Å². The minimum Gasteiger partial charge on any atom is -0.491 e. The molecule has 9 heteroatoms. The quantitative estimate of drug-likeness (QED) is 0.512. The highest BCUT2D eigenvalue weighted by Gasteiger charge is 2.42. The molecule has 2 aromatic carbocycles. The summed E-state index contributed by atoms with van der Waals surface area (Å²) in [5.74, 6) is 0.243. The first kappa shape index (κ1) is 23.3.